The molecule has 3 N–H and O–H groups in total. The molecule has 1 aliphatic carbocycles. The summed E-state index contributed by atoms with van der Waals surface area (Å²) in [6.07, 6.45) is 0. The van der Waals surface area contributed by atoms with Crippen LogP contribution in [0.4, 0.5) is 21.9 Å². The second-order valence-electron chi connectivity index (χ2n) is 8.75. The molecule has 1 saturated carbocycles. The van der Waals surface area contributed by atoms with Crippen LogP contribution in [0.5, 0.6) is 5.75 Å². The molecule has 150 valence electrons. The first-order chi connectivity index (χ1) is 13.1. The summed E-state index contributed by atoms with van der Waals surface area (Å²) in [4.78, 5) is 15.2. The van der Waals surface area contributed by atoms with Gasteiger partial charge in [0.05, 0.1) is 18.5 Å². The summed E-state index contributed by atoms with van der Waals surface area (Å²) in [6, 6.07) is 14.7. The minimum absolute atomic E-state index is 0.0170. The van der Waals surface area contributed by atoms with E-state index in [1.807, 2.05) is 47.4 Å². The number of ether oxygens (including phenoxy) is 1. The number of benzene rings is 2. The number of methoxy groups -OCH3 is 1. The van der Waals surface area contributed by atoms with Crippen molar-refractivity contribution < 1.29 is 9.53 Å². The molecule has 0 aromatic heterocycles. The predicted molar refractivity (Wildman–Crippen MR) is 116 cm³/mol. The number of para-hydroxylation sites is 2. The van der Waals surface area contributed by atoms with Crippen LogP contribution in [-0.2, 0) is 0 Å². The van der Waals surface area contributed by atoms with Crippen molar-refractivity contribution in [3.8, 4) is 5.75 Å². The fourth-order valence-electron chi connectivity index (χ4n) is 4.67. The SMILES string of the molecule is COc1ccc(N(C(=O)Nc2ccccc2N)[C@@H](C)C2C(C)(C)C2(C)C)cc1. The van der Waals surface area contributed by atoms with Gasteiger partial charge in [0, 0.05) is 11.7 Å². The van der Waals surface area contributed by atoms with Gasteiger partial charge in [-0.1, -0.05) is 39.8 Å². The van der Waals surface area contributed by atoms with Gasteiger partial charge in [-0.25, -0.2) is 4.79 Å². The molecule has 0 radical (unpaired) electrons. The van der Waals surface area contributed by atoms with Gasteiger partial charge in [-0.15, -0.1) is 0 Å². The highest BCUT2D eigenvalue weighted by molar-refractivity contribution is 6.03. The monoisotopic (exact) mass is 381 g/mol. The molecular weight excluding hydrogens is 350 g/mol. The zero-order chi connectivity index (χ0) is 20.7. The average molecular weight is 382 g/mol. The predicted octanol–water partition coefficient (Wildman–Crippen LogP) is 5.39. The van der Waals surface area contributed by atoms with E-state index >= 15 is 0 Å². The van der Waals surface area contributed by atoms with Crippen LogP contribution in [0.25, 0.3) is 0 Å². The van der Waals surface area contributed by atoms with Crippen molar-refractivity contribution in [2.45, 2.75) is 40.7 Å². The lowest BCUT2D eigenvalue weighted by Crippen LogP contribution is -2.44. The van der Waals surface area contributed by atoms with Crippen LogP contribution in [0.15, 0.2) is 48.5 Å². The number of carbonyl (C=O) groups excluding carboxylic acids is 1. The highest BCUT2D eigenvalue weighted by Gasteiger charge is 2.67. The van der Waals surface area contributed by atoms with Gasteiger partial charge in [-0.3, -0.25) is 4.90 Å². The summed E-state index contributed by atoms with van der Waals surface area (Å²) >= 11 is 0. The van der Waals surface area contributed by atoms with E-state index in [1.54, 1.807) is 13.2 Å². The van der Waals surface area contributed by atoms with Crippen molar-refractivity contribution in [1.29, 1.82) is 0 Å². The molecule has 28 heavy (non-hydrogen) atoms. The van der Waals surface area contributed by atoms with Gasteiger partial charge in [0.2, 0.25) is 0 Å². The van der Waals surface area contributed by atoms with Gasteiger partial charge in [0.1, 0.15) is 5.75 Å². The van der Waals surface area contributed by atoms with Gasteiger partial charge in [0.15, 0.2) is 0 Å². The van der Waals surface area contributed by atoms with Crippen LogP contribution < -0.4 is 20.7 Å². The molecule has 0 saturated heterocycles. The van der Waals surface area contributed by atoms with E-state index < -0.39 is 0 Å². The summed E-state index contributed by atoms with van der Waals surface area (Å²) in [5, 5.41) is 2.99. The molecule has 0 spiro atoms. The minimum atomic E-state index is -0.186. The van der Waals surface area contributed by atoms with E-state index in [2.05, 4.69) is 39.9 Å². The number of carbonyl (C=O) groups is 1. The van der Waals surface area contributed by atoms with Crippen molar-refractivity contribution in [2.75, 3.05) is 23.1 Å². The Morgan fingerprint density at radius 3 is 2.14 bits per heavy atom. The van der Waals surface area contributed by atoms with Crippen molar-refractivity contribution in [1.82, 2.24) is 0 Å². The Hall–Kier alpha value is -2.69. The first-order valence-corrected chi connectivity index (χ1v) is 9.70. The highest BCUT2D eigenvalue weighted by atomic mass is 16.5. The molecule has 0 aliphatic heterocycles. The molecule has 0 heterocycles. The van der Waals surface area contributed by atoms with Crippen LogP contribution >= 0.6 is 0 Å². The fourth-order valence-corrected chi connectivity index (χ4v) is 4.67. The maximum Gasteiger partial charge on any atom is 0.326 e. The molecule has 1 atom stereocenters. The van der Waals surface area contributed by atoms with E-state index in [0.29, 0.717) is 17.3 Å². The molecule has 1 fully saturated rings. The van der Waals surface area contributed by atoms with E-state index in [-0.39, 0.29) is 22.9 Å². The Kier molecular flexibility index (Phi) is 5.04. The summed E-state index contributed by atoms with van der Waals surface area (Å²) in [5.74, 6) is 1.14. The molecule has 1 aliphatic rings. The second kappa shape index (κ2) is 7.04. The molecule has 2 amide bonds. The highest BCUT2D eigenvalue weighted by Crippen LogP contribution is 2.70. The normalized spacial score (nSPS) is 18.2. The molecule has 0 unspecified atom stereocenters. The molecule has 5 heteroatoms. The van der Waals surface area contributed by atoms with Crippen LogP contribution in [0.2, 0.25) is 0 Å². The van der Waals surface area contributed by atoms with Crippen molar-refractivity contribution in [2.24, 2.45) is 16.7 Å². The average Bonchev–Trinajstić information content (AvgIpc) is 3.06. The smallest absolute Gasteiger partial charge is 0.326 e. The van der Waals surface area contributed by atoms with Crippen molar-refractivity contribution in [3.63, 3.8) is 0 Å². The maximum absolute atomic E-state index is 13.3. The maximum atomic E-state index is 13.3. The number of nitrogens with zero attached hydrogens (tertiary/aromatic N) is 1. The second-order valence-corrected chi connectivity index (χ2v) is 8.75. The van der Waals surface area contributed by atoms with E-state index in [0.717, 1.165) is 11.4 Å². The standard InChI is InChI=1S/C23H31N3O2/c1-15(20-22(2,3)23(20,4)5)26(16-11-13-17(28-6)14-12-16)21(27)25-19-10-8-7-9-18(19)24/h7-15,20H,24H2,1-6H3,(H,25,27)/t15-/m0/s1. The molecule has 3 rings (SSSR count). The number of nitrogens with two attached hydrogens (primary N) is 1. The molecule has 2 aromatic rings. The molecule has 2 aromatic carbocycles. The summed E-state index contributed by atoms with van der Waals surface area (Å²) in [6.45, 7) is 11.2. The fraction of sp³-hybridized carbons (Fsp3) is 0.435. The minimum Gasteiger partial charge on any atom is -0.497 e. The molecule has 5 nitrogen and oxygen atoms in total. The van der Waals surface area contributed by atoms with Gasteiger partial charge in [-0.05, 0) is 60.1 Å². The summed E-state index contributed by atoms with van der Waals surface area (Å²) < 4.78 is 5.27. The first kappa shape index (κ1) is 20.1. The lowest BCUT2D eigenvalue weighted by molar-refractivity contribution is 0.253. The van der Waals surface area contributed by atoms with Crippen LogP contribution in [0, 0.1) is 16.7 Å². The summed E-state index contributed by atoms with van der Waals surface area (Å²) in [5.41, 5.74) is 8.34. The summed E-state index contributed by atoms with van der Waals surface area (Å²) in [7, 11) is 1.63. The van der Waals surface area contributed by atoms with E-state index in [9.17, 15) is 4.79 Å². The van der Waals surface area contributed by atoms with Gasteiger partial charge in [-0.2, -0.15) is 0 Å². The third kappa shape index (κ3) is 3.30. The quantitative estimate of drug-likeness (QED) is 0.683. The number of anilines is 3. The number of hydrogen-bond acceptors (Lipinski definition) is 3. The van der Waals surface area contributed by atoms with Gasteiger partial charge < -0.3 is 15.8 Å². The van der Waals surface area contributed by atoms with Gasteiger partial charge >= 0.3 is 6.03 Å². The van der Waals surface area contributed by atoms with Crippen LogP contribution in [0.1, 0.15) is 34.6 Å². The zero-order valence-electron chi connectivity index (χ0n) is 17.6. The number of nitrogens with one attached hydrogen (secondary N) is 1. The number of amides is 2. The van der Waals surface area contributed by atoms with E-state index in [1.165, 1.54) is 0 Å². The first-order valence-electron chi connectivity index (χ1n) is 9.70. The number of rotatable bonds is 5. The molecular formula is C23H31N3O2. The van der Waals surface area contributed by atoms with Crippen LogP contribution in [0.3, 0.4) is 0 Å². The van der Waals surface area contributed by atoms with E-state index in [4.69, 9.17) is 10.5 Å². The zero-order valence-corrected chi connectivity index (χ0v) is 17.6. The Labute approximate surface area is 167 Å². The van der Waals surface area contributed by atoms with Crippen molar-refractivity contribution in [3.05, 3.63) is 48.5 Å². The van der Waals surface area contributed by atoms with Gasteiger partial charge in [0.25, 0.3) is 0 Å². The Morgan fingerprint density at radius 1 is 1.07 bits per heavy atom. The number of hydrogen-bond donors (Lipinski definition) is 2. The Morgan fingerprint density at radius 2 is 1.64 bits per heavy atom. The topological polar surface area (TPSA) is 67.6 Å². The lowest BCUT2D eigenvalue weighted by atomic mass is 10.0. The Balaban J connectivity index is 1.94. The largest absolute Gasteiger partial charge is 0.497 e. The third-order valence-corrected chi connectivity index (χ3v) is 6.79. The number of urea groups is 1. The lowest BCUT2D eigenvalue weighted by Gasteiger charge is -2.31. The number of nitrogen functional groups attached to an aromatic ring is 1. The van der Waals surface area contributed by atoms with Crippen molar-refractivity contribution >= 4 is 23.1 Å². The van der Waals surface area contributed by atoms with Crippen LogP contribution in [-0.4, -0.2) is 19.2 Å². The third-order valence-electron chi connectivity index (χ3n) is 6.79. The Bertz CT molecular complexity index is 844. The molecule has 0 bridgehead atoms.